The smallest absolute Gasteiger partial charge is 0.383 e. The van der Waals surface area contributed by atoms with Gasteiger partial charge in [-0.2, -0.15) is 23.7 Å². The quantitative estimate of drug-likeness (QED) is 0.841. The van der Waals surface area contributed by atoms with Gasteiger partial charge in [-0.05, 0) is 38.3 Å². The van der Waals surface area contributed by atoms with Crippen molar-refractivity contribution < 1.29 is 18.3 Å². The van der Waals surface area contributed by atoms with Crippen molar-refractivity contribution in [1.29, 1.82) is 10.5 Å². The van der Waals surface area contributed by atoms with Gasteiger partial charge in [-0.3, -0.25) is 0 Å². The normalized spacial score (nSPS) is 20.9. The van der Waals surface area contributed by atoms with Gasteiger partial charge in [-0.1, -0.05) is 0 Å². The van der Waals surface area contributed by atoms with Gasteiger partial charge < -0.3 is 10.0 Å². The molecule has 0 aliphatic carbocycles. The lowest BCUT2D eigenvalue weighted by Crippen LogP contribution is -2.44. The minimum atomic E-state index is -4.56. The van der Waals surface area contributed by atoms with E-state index in [0.29, 0.717) is 32.5 Å². The first-order valence-electron chi connectivity index (χ1n) is 6.62. The van der Waals surface area contributed by atoms with Crippen LogP contribution >= 0.6 is 0 Å². The van der Waals surface area contributed by atoms with Gasteiger partial charge in [0.05, 0.1) is 18.1 Å². The van der Waals surface area contributed by atoms with Crippen LogP contribution in [0.2, 0.25) is 0 Å². The first-order valence-corrected chi connectivity index (χ1v) is 6.62. The number of nitrogens with zero attached hydrogens (tertiary/aromatic N) is 3. The van der Waals surface area contributed by atoms with Crippen molar-refractivity contribution in [3.63, 3.8) is 0 Å². The molecule has 20 heavy (non-hydrogen) atoms. The fraction of sp³-hybridized carbons (Fsp3) is 0.846. The molecule has 112 valence electrons. The Morgan fingerprint density at radius 2 is 1.85 bits per heavy atom. The molecule has 0 amide bonds. The van der Waals surface area contributed by atoms with Crippen LogP contribution in [-0.2, 0) is 0 Å². The predicted octanol–water partition coefficient (Wildman–Crippen LogP) is 2.07. The molecule has 0 aromatic heterocycles. The SMILES string of the molecule is N#CCCC(C#N)CN1CCC(C(O)C(F)(F)F)CC1. The minimum absolute atomic E-state index is 0.265. The van der Waals surface area contributed by atoms with Gasteiger partial charge in [0.25, 0.3) is 0 Å². The second kappa shape index (κ2) is 7.47. The molecule has 4 nitrogen and oxygen atoms in total. The van der Waals surface area contributed by atoms with Crippen molar-refractivity contribution in [2.24, 2.45) is 11.8 Å². The highest BCUT2D eigenvalue weighted by Gasteiger charge is 2.44. The summed E-state index contributed by atoms with van der Waals surface area (Å²) in [6.45, 7) is 1.37. The van der Waals surface area contributed by atoms with Crippen LogP contribution in [0.25, 0.3) is 0 Å². The lowest BCUT2D eigenvalue weighted by atomic mass is 9.90. The average Bonchev–Trinajstić information content (AvgIpc) is 2.42. The van der Waals surface area contributed by atoms with E-state index in [4.69, 9.17) is 10.5 Å². The zero-order valence-corrected chi connectivity index (χ0v) is 11.1. The van der Waals surface area contributed by atoms with Crippen LogP contribution < -0.4 is 0 Å². The zero-order chi connectivity index (χ0) is 15.2. The topological polar surface area (TPSA) is 71.0 Å². The largest absolute Gasteiger partial charge is 0.414 e. The van der Waals surface area contributed by atoms with E-state index < -0.39 is 18.2 Å². The Hall–Kier alpha value is -1.31. The van der Waals surface area contributed by atoms with Crippen LogP contribution in [-0.4, -0.2) is 41.9 Å². The van der Waals surface area contributed by atoms with Gasteiger partial charge in [0.2, 0.25) is 0 Å². The fourth-order valence-corrected chi connectivity index (χ4v) is 2.47. The molecule has 2 unspecified atom stereocenters. The molecular weight excluding hydrogens is 271 g/mol. The summed E-state index contributed by atoms with van der Waals surface area (Å²) >= 11 is 0. The van der Waals surface area contributed by atoms with Gasteiger partial charge in [0.15, 0.2) is 6.10 Å². The lowest BCUT2D eigenvalue weighted by Gasteiger charge is -2.35. The molecule has 0 saturated carbocycles. The monoisotopic (exact) mass is 289 g/mol. The number of aliphatic hydroxyl groups excluding tert-OH is 1. The number of nitriles is 2. The molecule has 7 heteroatoms. The van der Waals surface area contributed by atoms with E-state index in [2.05, 4.69) is 6.07 Å². The number of hydrogen-bond donors (Lipinski definition) is 1. The summed E-state index contributed by atoms with van der Waals surface area (Å²) in [5.74, 6) is -1.02. The van der Waals surface area contributed by atoms with Crippen molar-refractivity contribution in [3.8, 4) is 12.1 Å². The second-order valence-electron chi connectivity index (χ2n) is 5.15. The summed E-state index contributed by atoms with van der Waals surface area (Å²) in [6, 6.07) is 4.10. The Kier molecular flexibility index (Phi) is 6.25. The minimum Gasteiger partial charge on any atom is -0.383 e. The number of halogens is 3. The molecule has 0 spiro atoms. The van der Waals surface area contributed by atoms with Crippen LogP contribution in [0.3, 0.4) is 0 Å². The van der Waals surface area contributed by atoms with E-state index in [-0.39, 0.29) is 18.8 Å². The number of piperidine rings is 1. The molecule has 1 rings (SSSR count). The molecule has 2 atom stereocenters. The van der Waals surface area contributed by atoms with E-state index in [1.54, 1.807) is 0 Å². The molecule has 0 aromatic rings. The van der Waals surface area contributed by atoms with Crippen LogP contribution in [0, 0.1) is 34.5 Å². The van der Waals surface area contributed by atoms with Gasteiger partial charge in [-0.25, -0.2) is 0 Å². The summed E-state index contributed by atoms with van der Waals surface area (Å²) in [7, 11) is 0. The summed E-state index contributed by atoms with van der Waals surface area (Å²) < 4.78 is 37.2. The van der Waals surface area contributed by atoms with Gasteiger partial charge in [0, 0.05) is 13.0 Å². The molecular formula is C13H18F3N3O. The zero-order valence-electron chi connectivity index (χ0n) is 11.1. The van der Waals surface area contributed by atoms with Crippen LogP contribution in [0.5, 0.6) is 0 Å². The average molecular weight is 289 g/mol. The number of rotatable bonds is 5. The predicted molar refractivity (Wildman–Crippen MR) is 65.2 cm³/mol. The molecule has 0 bridgehead atoms. The molecule has 1 heterocycles. The Balaban J connectivity index is 2.39. The van der Waals surface area contributed by atoms with E-state index in [1.807, 2.05) is 11.0 Å². The van der Waals surface area contributed by atoms with Crippen LogP contribution in [0.1, 0.15) is 25.7 Å². The van der Waals surface area contributed by atoms with Crippen molar-refractivity contribution in [1.82, 2.24) is 4.90 Å². The molecule has 1 N–H and O–H groups in total. The third-order valence-electron chi connectivity index (χ3n) is 3.68. The fourth-order valence-electron chi connectivity index (χ4n) is 2.47. The maximum absolute atomic E-state index is 12.4. The van der Waals surface area contributed by atoms with Crippen molar-refractivity contribution in [3.05, 3.63) is 0 Å². The van der Waals surface area contributed by atoms with E-state index >= 15 is 0 Å². The molecule has 1 saturated heterocycles. The Morgan fingerprint density at radius 3 is 2.30 bits per heavy atom. The Morgan fingerprint density at radius 1 is 1.25 bits per heavy atom. The summed E-state index contributed by atoms with van der Waals surface area (Å²) in [5, 5.41) is 26.6. The van der Waals surface area contributed by atoms with Gasteiger partial charge >= 0.3 is 6.18 Å². The highest BCUT2D eigenvalue weighted by Crippen LogP contribution is 2.31. The first kappa shape index (κ1) is 16.7. The van der Waals surface area contributed by atoms with Crippen LogP contribution in [0.4, 0.5) is 13.2 Å². The third-order valence-corrected chi connectivity index (χ3v) is 3.68. The Labute approximate surface area is 116 Å². The van der Waals surface area contributed by atoms with Crippen molar-refractivity contribution in [2.45, 2.75) is 38.0 Å². The maximum Gasteiger partial charge on any atom is 0.414 e. The maximum atomic E-state index is 12.4. The van der Waals surface area contributed by atoms with E-state index in [9.17, 15) is 18.3 Å². The molecule has 1 aliphatic heterocycles. The van der Waals surface area contributed by atoms with Crippen LogP contribution in [0.15, 0.2) is 0 Å². The van der Waals surface area contributed by atoms with E-state index in [1.165, 1.54) is 0 Å². The number of hydrogen-bond acceptors (Lipinski definition) is 4. The highest BCUT2D eigenvalue weighted by atomic mass is 19.4. The standard InChI is InChI=1S/C13H18F3N3O/c14-13(15,16)12(20)11-3-6-19(7-4-11)9-10(8-18)2-1-5-17/h10-12,20H,1-4,6-7,9H2. The Bertz CT molecular complexity index is 378. The second-order valence-corrected chi connectivity index (χ2v) is 5.15. The van der Waals surface area contributed by atoms with Crippen molar-refractivity contribution >= 4 is 0 Å². The van der Waals surface area contributed by atoms with E-state index in [0.717, 1.165) is 0 Å². The highest BCUT2D eigenvalue weighted by molar-refractivity contribution is 4.89. The number of aliphatic hydroxyl groups is 1. The summed E-state index contributed by atoms with van der Waals surface area (Å²) in [6.07, 6.45) is -5.47. The number of likely N-dealkylation sites (tertiary alicyclic amines) is 1. The third kappa shape index (κ3) is 4.99. The van der Waals surface area contributed by atoms with Gasteiger partial charge in [-0.15, -0.1) is 0 Å². The molecule has 1 fully saturated rings. The molecule has 0 aromatic carbocycles. The molecule has 0 radical (unpaired) electrons. The summed E-state index contributed by atoms with van der Waals surface area (Å²) in [4.78, 5) is 1.94. The molecule has 1 aliphatic rings. The first-order chi connectivity index (χ1) is 9.38. The number of alkyl halides is 3. The lowest BCUT2D eigenvalue weighted by molar-refractivity contribution is -0.223. The van der Waals surface area contributed by atoms with Gasteiger partial charge in [0.1, 0.15) is 0 Å². The summed E-state index contributed by atoms with van der Waals surface area (Å²) in [5.41, 5.74) is 0. The van der Waals surface area contributed by atoms with Crippen molar-refractivity contribution in [2.75, 3.05) is 19.6 Å².